The summed E-state index contributed by atoms with van der Waals surface area (Å²) in [4.78, 5) is 0.0757. The topological polar surface area (TPSA) is 104 Å². The van der Waals surface area contributed by atoms with Crippen molar-refractivity contribution in [2.75, 3.05) is 18.9 Å². The van der Waals surface area contributed by atoms with E-state index < -0.39 is 16.1 Å². The van der Waals surface area contributed by atoms with Crippen LogP contribution < -0.4 is 19.9 Å². The molecule has 0 bridgehead atoms. The zero-order valence-corrected chi connectivity index (χ0v) is 18.0. The second kappa shape index (κ2) is 8.22. The molecule has 1 aliphatic heterocycles. The zero-order chi connectivity index (χ0) is 22.1. The molecule has 0 spiro atoms. The summed E-state index contributed by atoms with van der Waals surface area (Å²) in [5.41, 5.74) is 7.84. The summed E-state index contributed by atoms with van der Waals surface area (Å²) >= 11 is 0. The molecule has 0 radical (unpaired) electrons. The molecule has 7 nitrogen and oxygen atoms in total. The van der Waals surface area contributed by atoms with E-state index in [4.69, 9.17) is 19.6 Å². The summed E-state index contributed by atoms with van der Waals surface area (Å²) in [6.07, 6.45) is 0.735. The first-order chi connectivity index (χ1) is 15.5. The van der Waals surface area contributed by atoms with E-state index in [1.54, 1.807) is 24.3 Å². The highest BCUT2D eigenvalue weighted by Crippen LogP contribution is 2.34. The molecular weight excluding hydrogens is 428 g/mol. The Kier molecular flexibility index (Phi) is 5.24. The van der Waals surface area contributed by atoms with Crippen LogP contribution in [0.4, 0.5) is 5.69 Å². The number of hydrogen-bond donors (Lipinski definition) is 2. The second-order valence-corrected chi connectivity index (χ2v) is 9.28. The Balaban J connectivity index is 1.55. The first kappa shape index (κ1) is 20.4. The van der Waals surface area contributed by atoms with Crippen molar-refractivity contribution in [3.8, 4) is 11.5 Å². The highest BCUT2D eigenvalue weighted by Gasteiger charge is 2.27. The Morgan fingerprint density at radius 3 is 2.50 bits per heavy atom. The molecule has 0 unspecified atom stereocenters. The van der Waals surface area contributed by atoms with E-state index in [0.29, 0.717) is 47.3 Å². The van der Waals surface area contributed by atoms with Gasteiger partial charge in [0, 0.05) is 23.6 Å². The maximum atomic E-state index is 13.4. The van der Waals surface area contributed by atoms with Gasteiger partial charge in [0.05, 0.1) is 18.1 Å². The average molecular weight is 451 g/mol. The molecule has 164 valence electrons. The molecule has 0 saturated carbocycles. The van der Waals surface area contributed by atoms with Gasteiger partial charge in [-0.05, 0) is 42.0 Å². The fraction of sp³-hybridized carbons (Fsp3) is 0.167. The van der Waals surface area contributed by atoms with Gasteiger partial charge in [0.1, 0.15) is 17.4 Å². The van der Waals surface area contributed by atoms with Gasteiger partial charge in [-0.25, -0.2) is 8.42 Å². The van der Waals surface area contributed by atoms with Crippen molar-refractivity contribution < 1.29 is 22.3 Å². The summed E-state index contributed by atoms with van der Waals surface area (Å²) < 4.78 is 46.8. The van der Waals surface area contributed by atoms with Crippen molar-refractivity contribution in [2.24, 2.45) is 0 Å². The summed E-state index contributed by atoms with van der Waals surface area (Å²) in [6, 6.07) is 20.3. The number of furan rings is 1. The van der Waals surface area contributed by atoms with E-state index in [9.17, 15) is 8.42 Å². The fourth-order valence-corrected chi connectivity index (χ4v) is 4.92. The van der Waals surface area contributed by atoms with E-state index in [2.05, 4.69) is 4.72 Å². The molecule has 3 N–H and O–H groups in total. The van der Waals surface area contributed by atoms with E-state index in [1.165, 1.54) is 12.1 Å². The number of fused-ring (bicyclic) bond motifs is 2. The Morgan fingerprint density at radius 2 is 1.69 bits per heavy atom. The molecule has 4 aromatic rings. The van der Waals surface area contributed by atoms with Gasteiger partial charge in [0.15, 0.2) is 11.5 Å². The molecule has 0 aliphatic carbocycles. The monoisotopic (exact) mass is 450 g/mol. The smallest absolute Gasteiger partial charge is 0.241 e. The molecule has 8 heteroatoms. The maximum Gasteiger partial charge on any atom is 0.241 e. The SMILES string of the molecule is Nc1cccc([C@H](NS(=O)(=O)c2ccc3c(c2)OCCCO3)c2cc3ccccc3o2)c1. The number of nitrogens with two attached hydrogens (primary N) is 1. The lowest BCUT2D eigenvalue weighted by atomic mass is 10.0. The van der Waals surface area contributed by atoms with Gasteiger partial charge in [0.2, 0.25) is 10.0 Å². The van der Waals surface area contributed by atoms with Crippen LogP contribution in [0.3, 0.4) is 0 Å². The number of rotatable bonds is 5. The van der Waals surface area contributed by atoms with Gasteiger partial charge in [-0.2, -0.15) is 4.72 Å². The van der Waals surface area contributed by atoms with Gasteiger partial charge in [-0.3, -0.25) is 0 Å². The lowest BCUT2D eigenvalue weighted by Gasteiger charge is -2.18. The minimum Gasteiger partial charge on any atom is -0.490 e. The van der Waals surface area contributed by atoms with Crippen LogP contribution in [0.2, 0.25) is 0 Å². The van der Waals surface area contributed by atoms with Gasteiger partial charge < -0.3 is 19.6 Å². The van der Waals surface area contributed by atoms with Crippen LogP contribution >= 0.6 is 0 Å². The standard InChI is InChI=1S/C24H22N2O5S/c25-18-7-3-6-17(13-18)24(23-14-16-5-1-2-8-20(16)31-23)26-32(27,28)19-9-10-21-22(15-19)30-12-4-11-29-21/h1-3,5-10,13-15,24,26H,4,11-12,25H2/t24-/m0/s1. The number of nitrogens with one attached hydrogen (secondary N) is 1. The van der Waals surface area contributed by atoms with E-state index >= 15 is 0 Å². The van der Waals surface area contributed by atoms with Crippen molar-refractivity contribution in [2.45, 2.75) is 17.4 Å². The van der Waals surface area contributed by atoms with Crippen molar-refractivity contribution in [1.82, 2.24) is 4.72 Å². The van der Waals surface area contributed by atoms with Gasteiger partial charge in [-0.15, -0.1) is 0 Å². The van der Waals surface area contributed by atoms with Crippen LogP contribution in [-0.2, 0) is 10.0 Å². The molecule has 32 heavy (non-hydrogen) atoms. The predicted molar refractivity (Wildman–Crippen MR) is 121 cm³/mol. The van der Waals surface area contributed by atoms with Crippen LogP contribution in [0.5, 0.6) is 11.5 Å². The summed E-state index contributed by atoms with van der Waals surface area (Å²) in [6.45, 7) is 0.996. The predicted octanol–water partition coefficient (Wildman–Crippen LogP) is 4.24. The fourth-order valence-electron chi connectivity index (χ4n) is 3.71. The molecule has 5 rings (SSSR count). The normalized spacial score (nSPS) is 14.8. The summed E-state index contributed by atoms with van der Waals surface area (Å²) in [5, 5.41) is 0.881. The Morgan fingerprint density at radius 1 is 0.875 bits per heavy atom. The number of anilines is 1. The second-order valence-electron chi connectivity index (χ2n) is 7.57. The van der Waals surface area contributed by atoms with Crippen molar-refractivity contribution in [3.63, 3.8) is 0 Å². The minimum atomic E-state index is -3.94. The largest absolute Gasteiger partial charge is 0.490 e. The van der Waals surface area contributed by atoms with Crippen LogP contribution in [-0.4, -0.2) is 21.6 Å². The quantitative estimate of drug-likeness (QED) is 0.441. The molecule has 1 atom stereocenters. The molecule has 3 aromatic carbocycles. The lowest BCUT2D eigenvalue weighted by molar-refractivity contribution is 0.297. The molecule has 0 fully saturated rings. The number of benzene rings is 3. The molecule has 2 heterocycles. The molecule has 0 amide bonds. The third-order valence-corrected chi connectivity index (χ3v) is 6.70. The summed E-state index contributed by atoms with van der Waals surface area (Å²) in [5.74, 6) is 1.41. The Hall–Kier alpha value is -3.49. The third-order valence-electron chi connectivity index (χ3n) is 5.28. The lowest BCUT2D eigenvalue weighted by Crippen LogP contribution is -2.29. The summed E-state index contributed by atoms with van der Waals surface area (Å²) in [7, 11) is -3.94. The van der Waals surface area contributed by atoms with Crippen LogP contribution in [0.15, 0.2) is 82.1 Å². The van der Waals surface area contributed by atoms with Gasteiger partial charge in [-0.1, -0.05) is 30.3 Å². The van der Waals surface area contributed by atoms with Gasteiger partial charge >= 0.3 is 0 Å². The Labute approximate surface area is 185 Å². The number of ether oxygens (including phenoxy) is 2. The van der Waals surface area contributed by atoms with Crippen molar-refractivity contribution >= 4 is 26.7 Å². The molecule has 1 aliphatic rings. The van der Waals surface area contributed by atoms with E-state index in [1.807, 2.05) is 36.4 Å². The van der Waals surface area contributed by atoms with E-state index in [0.717, 1.165) is 11.8 Å². The zero-order valence-electron chi connectivity index (χ0n) is 17.2. The maximum absolute atomic E-state index is 13.4. The number of hydrogen-bond acceptors (Lipinski definition) is 6. The first-order valence-corrected chi connectivity index (χ1v) is 11.7. The third kappa shape index (κ3) is 4.02. The molecule has 0 saturated heterocycles. The van der Waals surface area contributed by atoms with Crippen LogP contribution in [0, 0.1) is 0 Å². The highest BCUT2D eigenvalue weighted by atomic mass is 32.2. The van der Waals surface area contributed by atoms with Crippen LogP contribution in [0.25, 0.3) is 11.0 Å². The minimum absolute atomic E-state index is 0.0757. The van der Waals surface area contributed by atoms with E-state index in [-0.39, 0.29) is 4.90 Å². The van der Waals surface area contributed by atoms with Crippen LogP contribution in [0.1, 0.15) is 23.8 Å². The first-order valence-electron chi connectivity index (χ1n) is 10.3. The number of sulfonamides is 1. The molecule has 1 aromatic heterocycles. The number of para-hydroxylation sites is 1. The van der Waals surface area contributed by atoms with Gasteiger partial charge in [0.25, 0.3) is 0 Å². The molecular formula is C24H22N2O5S. The van der Waals surface area contributed by atoms with Crippen molar-refractivity contribution in [1.29, 1.82) is 0 Å². The number of nitrogen functional groups attached to an aromatic ring is 1. The average Bonchev–Trinajstić information content (AvgIpc) is 3.07. The highest BCUT2D eigenvalue weighted by molar-refractivity contribution is 7.89. The van der Waals surface area contributed by atoms with Crippen molar-refractivity contribution in [3.05, 3.63) is 84.1 Å². The Bertz CT molecular complexity index is 1350.